The van der Waals surface area contributed by atoms with Gasteiger partial charge in [0, 0.05) is 17.1 Å². The van der Waals surface area contributed by atoms with Crippen molar-refractivity contribution in [2.24, 2.45) is 0 Å². The summed E-state index contributed by atoms with van der Waals surface area (Å²) in [6.07, 6.45) is 3.86. The molecule has 0 atom stereocenters. The second kappa shape index (κ2) is 5.81. The molecular weight excluding hydrogens is 336 g/mol. The number of aromatic nitrogens is 2. The van der Waals surface area contributed by atoms with Gasteiger partial charge in [0.25, 0.3) is 0 Å². The number of halogens is 2. The minimum Gasteiger partial charge on any atom is -0.239 e. The van der Waals surface area contributed by atoms with E-state index in [1.54, 1.807) is 0 Å². The van der Waals surface area contributed by atoms with Crippen LogP contribution in [0.4, 0.5) is 0 Å². The Morgan fingerprint density at radius 2 is 1.80 bits per heavy atom. The molecule has 3 aromatic rings. The van der Waals surface area contributed by atoms with Gasteiger partial charge in [0.15, 0.2) is 0 Å². The molecular formula is C16H12BrClN2. The van der Waals surface area contributed by atoms with Gasteiger partial charge in [-0.05, 0) is 17.2 Å². The maximum Gasteiger partial charge on any atom is 0.0872 e. The van der Waals surface area contributed by atoms with Gasteiger partial charge in [-0.15, -0.1) is 0 Å². The molecule has 2 aromatic carbocycles. The van der Waals surface area contributed by atoms with Crippen LogP contribution >= 0.6 is 27.5 Å². The lowest BCUT2D eigenvalue weighted by molar-refractivity contribution is 0.872. The number of alkyl halides is 1. The third kappa shape index (κ3) is 2.51. The van der Waals surface area contributed by atoms with Gasteiger partial charge in [-0.3, -0.25) is 0 Å². The molecule has 0 aliphatic heterocycles. The molecule has 0 aliphatic rings. The Labute approximate surface area is 131 Å². The molecule has 0 fully saturated rings. The van der Waals surface area contributed by atoms with Gasteiger partial charge in [0.2, 0.25) is 0 Å². The fourth-order valence-corrected chi connectivity index (χ4v) is 2.88. The average Bonchev–Trinajstić information content (AvgIpc) is 2.97. The largest absolute Gasteiger partial charge is 0.239 e. The number of benzene rings is 2. The first-order chi connectivity index (χ1) is 9.79. The van der Waals surface area contributed by atoms with Crippen molar-refractivity contribution in [3.05, 3.63) is 71.5 Å². The Bertz CT molecular complexity index is 722. The lowest BCUT2D eigenvalue weighted by Gasteiger charge is -2.09. The molecule has 2 nitrogen and oxygen atoms in total. The van der Waals surface area contributed by atoms with Gasteiger partial charge in [-0.1, -0.05) is 70.0 Å². The van der Waals surface area contributed by atoms with Crippen LogP contribution in [0, 0.1) is 0 Å². The van der Waals surface area contributed by atoms with Crippen molar-refractivity contribution in [1.29, 1.82) is 0 Å². The second-order valence-electron chi connectivity index (χ2n) is 4.42. The van der Waals surface area contributed by atoms with Crippen LogP contribution in [-0.2, 0) is 5.33 Å². The van der Waals surface area contributed by atoms with Gasteiger partial charge in [0.1, 0.15) is 0 Å². The van der Waals surface area contributed by atoms with Gasteiger partial charge in [-0.25, -0.2) is 4.68 Å². The lowest BCUT2D eigenvalue weighted by Crippen LogP contribution is -1.99. The normalized spacial score (nSPS) is 10.7. The van der Waals surface area contributed by atoms with Gasteiger partial charge >= 0.3 is 0 Å². The molecule has 0 bridgehead atoms. The summed E-state index contributed by atoms with van der Waals surface area (Å²) in [7, 11) is 0. The van der Waals surface area contributed by atoms with E-state index >= 15 is 0 Å². The van der Waals surface area contributed by atoms with Crippen molar-refractivity contribution >= 4 is 27.5 Å². The number of para-hydroxylation sites is 1. The maximum absolute atomic E-state index is 6.32. The van der Waals surface area contributed by atoms with E-state index in [1.165, 1.54) is 0 Å². The molecule has 20 heavy (non-hydrogen) atoms. The zero-order valence-corrected chi connectivity index (χ0v) is 13.0. The van der Waals surface area contributed by atoms with Gasteiger partial charge in [-0.2, -0.15) is 5.10 Å². The van der Waals surface area contributed by atoms with Gasteiger partial charge < -0.3 is 0 Å². The molecule has 100 valence electrons. The van der Waals surface area contributed by atoms with Crippen LogP contribution in [-0.4, -0.2) is 9.78 Å². The van der Waals surface area contributed by atoms with Crippen molar-refractivity contribution in [2.45, 2.75) is 5.33 Å². The lowest BCUT2D eigenvalue weighted by atomic mass is 10.1. The van der Waals surface area contributed by atoms with E-state index < -0.39 is 0 Å². The summed E-state index contributed by atoms with van der Waals surface area (Å²) in [5, 5.41) is 5.88. The molecule has 1 heterocycles. The second-order valence-corrected chi connectivity index (χ2v) is 5.39. The van der Waals surface area contributed by atoms with E-state index in [-0.39, 0.29) is 0 Å². The Morgan fingerprint density at radius 3 is 2.55 bits per heavy atom. The monoisotopic (exact) mass is 346 g/mol. The van der Waals surface area contributed by atoms with Crippen molar-refractivity contribution in [1.82, 2.24) is 9.78 Å². The van der Waals surface area contributed by atoms with Crippen LogP contribution in [0.15, 0.2) is 60.9 Å². The Morgan fingerprint density at radius 1 is 1.00 bits per heavy atom. The fourth-order valence-electron chi connectivity index (χ4n) is 2.15. The molecule has 0 aliphatic carbocycles. The van der Waals surface area contributed by atoms with E-state index in [4.69, 9.17) is 11.6 Å². The van der Waals surface area contributed by atoms with Gasteiger partial charge in [0.05, 0.1) is 16.9 Å². The summed E-state index contributed by atoms with van der Waals surface area (Å²) in [6, 6.07) is 16.1. The summed E-state index contributed by atoms with van der Waals surface area (Å²) < 4.78 is 1.83. The van der Waals surface area contributed by atoms with Crippen LogP contribution in [0.5, 0.6) is 0 Å². The molecule has 0 saturated carbocycles. The smallest absolute Gasteiger partial charge is 0.0872 e. The third-order valence-corrected chi connectivity index (χ3v) is 4.04. The minimum absolute atomic E-state index is 0.699. The van der Waals surface area contributed by atoms with Crippen LogP contribution < -0.4 is 0 Å². The number of hydrogen-bond donors (Lipinski definition) is 0. The average molecular weight is 348 g/mol. The Balaban J connectivity index is 2.07. The quantitative estimate of drug-likeness (QED) is 0.604. The highest BCUT2D eigenvalue weighted by Gasteiger charge is 2.10. The fraction of sp³-hybridized carbons (Fsp3) is 0.0625. The Kier molecular flexibility index (Phi) is 3.90. The zero-order chi connectivity index (χ0) is 13.9. The SMILES string of the molecule is Clc1cccc(CBr)c1-n1cc(-c2ccccc2)cn1. The van der Waals surface area contributed by atoms with Crippen LogP contribution in [0.25, 0.3) is 16.8 Å². The molecule has 0 amide bonds. The van der Waals surface area contributed by atoms with Crippen molar-refractivity contribution < 1.29 is 0 Å². The first-order valence-electron chi connectivity index (χ1n) is 6.23. The standard InChI is InChI=1S/C16H12BrClN2/c17-9-13-7-4-8-15(18)16(13)20-11-14(10-19-20)12-5-2-1-3-6-12/h1-8,10-11H,9H2. The highest BCUT2D eigenvalue weighted by atomic mass is 79.9. The molecule has 3 rings (SSSR count). The van der Waals surface area contributed by atoms with Crippen molar-refractivity contribution in [3.63, 3.8) is 0 Å². The third-order valence-electron chi connectivity index (χ3n) is 3.13. The van der Waals surface area contributed by atoms with E-state index in [2.05, 4.69) is 33.2 Å². The molecule has 0 spiro atoms. The topological polar surface area (TPSA) is 17.8 Å². The van der Waals surface area contributed by atoms with Crippen molar-refractivity contribution in [3.8, 4) is 16.8 Å². The summed E-state index contributed by atoms with van der Waals surface area (Å²) in [5.74, 6) is 0. The van der Waals surface area contributed by atoms with Crippen LogP contribution in [0.3, 0.4) is 0 Å². The minimum atomic E-state index is 0.699. The Hall–Kier alpha value is -1.58. The maximum atomic E-state index is 6.32. The molecule has 0 unspecified atom stereocenters. The molecule has 1 aromatic heterocycles. The van der Waals surface area contributed by atoms with Crippen LogP contribution in [0.2, 0.25) is 5.02 Å². The molecule has 0 saturated heterocycles. The number of hydrogen-bond acceptors (Lipinski definition) is 1. The van der Waals surface area contributed by atoms with E-state index in [0.29, 0.717) is 5.02 Å². The molecule has 0 radical (unpaired) electrons. The first kappa shape index (κ1) is 13.4. The van der Waals surface area contributed by atoms with E-state index in [9.17, 15) is 0 Å². The number of rotatable bonds is 3. The summed E-state index contributed by atoms with van der Waals surface area (Å²) in [6.45, 7) is 0. The summed E-state index contributed by atoms with van der Waals surface area (Å²) in [4.78, 5) is 0. The predicted molar refractivity (Wildman–Crippen MR) is 86.6 cm³/mol. The zero-order valence-electron chi connectivity index (χ0n) is 10.6. The predicted octanol–water partition coefficient (Wildman–Crippen LogP) is 5.09. The molecule has 4 heteroatoms. The summed E-state index contributed by atoms with van der Waals surface area (Å²) >= 11 is 9.81. The summed E-state index contributed by atoms with van der Waals surface area (Å²) in [5.41, 5.74) is 4.26. The molecule has 0 N–H and O–H groups in total. The number of nitrogens with zero attached hydrogens (tertiary/aromatic N) is 2. The highest BCUT2D eigenvalue weighted by molar-refractivity contribution is 9.08. The highest BCUT2D eigenvalue weighted by Crippen LogP contribution is 2.27. The van der Waals surface area contributed by atoms with E-state index in [1.807, 2.05) is 53.5 Å². The van der Waals surface area contributed by atoms with Crippen LogP contribution in [0.1, 0.15) is 5.56 Å². The first-order valence-corrected chi connectivity index (χ1v) is 7.73. The van der Waals surface area contributed by atoms with Crippen molar-refractivity contribution in [2.75, 3.05) is 0 Å². The van der Waals surface area contributed by atoms with E-state index in [0.717, 1.165) is 27.7 Å².